The molecule has 0 saturated heterocycles. The fraction of sp³-hybridized carbons (Fsp3) is 0.545. The van der Waals surface area contributed by atoms with Gasteiger partial charge in [0.15, 0.2) is 5.82 Å². The quantitative estimate of drug-likeness (QED) is 0.849. The van der Waals surface area contributed by atoms with E-state index in [9.17, 15) is 4.79 Å². The maximum Gasteiger partial charge on any atom is 0.338 e. The van der Waals surface area contributed by atoms with Crippen LogP contribution in [-0.2, 0) is 4.74 Å². The molecule has 1 heterocycles. The predicted molar refractivity (Wildman–Crippen MR) is 58.2 cm³/mol. The minimum absolute atomic E-state index is 0.0764. The van der Waals surface area contributed by atoms with Crippen molar-refractivity contribution in [2.45, 2.75) is 26.9 Å². The summed E-state index contributed by atoms with van der Waals surface area (Å²) in [5.74, 6) is -0.531. The van der Waals surface area contributed by atoms with Gasteiger partial charge in [0, 0.05) is 19.5 Å². The zero-order chi connectivity index (χ0) is 12.3. The molecule has 0 fully saturated rings. The first-order valence-corrected chi connectivity index (χ1v) is 4.94. The van der Waals surface area contributed by atoms with Crippen LogP contribution in [0.15, 0.2) is 12.4 Å². The average molecular weight is 224 g/mol. The maximum absolute atomic E-state index is 10.6. The highest BCUT2D eigenvalue weighted by Crippen LogP contribution is 2.33. The molecule has 0 aromatic carbocycles. The summed E-state index contributed by atoms with van der Waals surface area (Å²) in [4.78, 5) is 18.7. The maximum atomic E-state index is 10.6. The van der Waals surface area contributed by atoms with Gasteiger partial charge in [-0.15, -0.1) is 0 Å². The average Bonchev–Trinajstić information content (AvgIpc) is 2.17. The standard InChI is InChI=1S/C11H16N2O3/c1-11(2,3)8(16-4)9-12-5-7(6-13-9)10(14)15/h5-6,8H,1-4H3,(H,14,15). The number of methoxy groups -OCH3 is 1. The number of carboxylic acids is 1. The molecule has 1 atom stereocenters. The van der Waals surface area contributed by atoms with Crippen LogP contribution in [-0.4, -0.2) is 28.2 Å². The molecule has 1 rings (SSSR count). The lowest BCUT2D eigenvalue weighted by Crippen LogP contribution is -2.22. The Morgan fingerprint density at radius 2 is 1.88 bits per heavy atom. The van der Waals surface area contributed by atoms with Crippen LogP contribution < -0.4 is 0 Å². The number of rotatable bonds is 3. The Bertz CT molecular complexity index is 368. The first-order chi connectivity index (χ1) is 7.36. The van der Waals surface area contributed by atoms with Crippen molar-refractivity contribution in [2.24, 2.45) is 5.41 Å². The van der Waals surface area contributed by atoms with E-state index in [-0.39, 0.29) is 17.1 Å². The third-order valence-corrected chi connectivity index (χ3v) is 2.18. The zero-order valence-corrected chi connectivity index (χ0v) is 9.89. The number of nitrogens with zero attached hydrogens (tertiary/aromatic N) is 2. The van der Waals surface area contributed by atoms with Crippen LogP contribution in [0.3, 0.4) is 0 Å². The van der Waals surface area contributed by atoms with Gasteiger partial charge in [-0.05, 0) is 5.41 Å². The molecule has 1 aromatic heterocycles. The molecule has 16 heavy (non-hydrogen) atoms. The van der Waals surface area contributed by atoms with Gasteiger partial charge < -0.3 is 9.84 Å². The van der Waals surface area contributed by atoms with Crippen molar-refractivity contribution in [3.8, 4) is 0 Å². The molecule has 0 aliphatic heterocycles. The fourth-order valence-corrected chi connectivity index (χ4v) is 1.43. The smallest absolute Gasteiger partial charge is 0.338 e. The number of carboxylic acid groups (broad SMARTS) is 1. The molecule has 0 bridgehead atoms. The molecular formula is C11H16N2O3. The van der Waals surface area contributed by atoms with Crippen molar-refractivity contribution in [3.63, 3.8) is 0 Å². The van der Waals surface area contributed by atoms with Gasteiger partial charge in [0.2, 0.25) is 0 Å². The predicted octanol–water partition coefficient (Wildman–Crippen LogP) is 1.91. The second kappa shape index (κ2) is 4.57. The molecule has 1 aromatic rings. The molecule has 0 saturated carbocycles. The number of aromatic carboxylic acids is 1. The van der Waals surface area contributed by atoms with E-state index in [0.29, 0.717) is 5.82 Å². The third kappa shape index (κ3) is 2.76. The number of carbonyl (C=O) groups is 1. The Balaban J connectivity index is 3.00. The summed E-state index contributed by atoms with van der Waals surface area (Å²) in [5, 5.41) is 8.72. The first-order valence-electron chi connectivity index (χ1n) is 4.94. The van der Waals surface area contributed by atoms with E-state index >= 15 is 0 Å². The van der Waals surface area contributed by atoms with Crippen LogP contribution >= 0.6 is 0 Å². The third-order valence-electron chi connectivity index (χ3n) is 2.18. The summed E-state index contributed by atoms with van der Waals surface area (Å²) in [6.07, 6.45) is 2.33. The van der Waals surface area contributed by atoms with E-state index < -0.39 is 5.97 Å². The summed E-state index contributed by atoms with van der Waals surface area (Å²) in [7, 11) is 1.59. The lowest BCUT2D eigenvalue weighted by Gasteiger charge is -2.27. The number of hydrogen-bond acceptors (Lipinski definition) is 4. The SMILES string of the molecule is COC(c1ncc(C(=O)O)cn1)C(C)(C)C. The normalized spacial score (nSPS) is 13.5. The van der Waals surface area contributed by atoms with Crippen molar-refractivity contribution in [1.29, 1.82) is 0 Å². The minimum atomic E-state index is -1.03. The Kier molecular flexibility index (Phi) is 3.59. The molecule has 1 unspecified atom stereocenters. The van der Waals surface area contributed by atoms with Gasteiger partial charge in [0.25, 0.3) is 0 Å². The second-order valence-electron chi connectivity index (χ2n) is 4.62. The van der Waals surface area contributed by atoms with Crippen LogP contribution in [0.5, 0.6) is 0 Å². The minimum Gasteiger partial charge on any atom is -0.478 e. The van der Waals surface area contributed by atoms with Crippen LogP contribution in [0, 0.1) is 5.41 Å². The van der Waals surface area contributed by atoms with Gasteiger partial charge in [-0.25, -0.2) is 14.8 Å². The highest BCUT2D eigenvalue weighted by atomic mass is 16.5. The molecule has 1 N–H and O–H groups in total. The zero-order valence-electron chi connectivity index (χ0n) is 9.89. The first kappa shape index (κ1) is 12.6. The Morgan fingerprint density at radius 3 is 2.19 bits per heavy atom. The Hall–Kier alpha value is -1.49. The fourth-order valence-electron chi connectivity index (χ4n) is 1.43. The van der Waals surface area contributed by atoms with Crippen LogP contribution in [0.4, 0.5) is 0 Å². The molecule has 0 spiro atoms. The summed E-state index contributed by atoms with van der Waals surface area (Å²) < 4.78 is 5.33. The van der Waals surface area contributed by atoms with Crippen molar-refractivity contribution in [2.75, 3.05) is 7.11 Å². The highest BCUT2D eigenvalue weighted by molar-refractivity contribution is 5.86. The molecule has 0 radical (unpaired) electrons. The Morgan fingerprint density at radius 1 is 1.38 bits per heavy atom. The monoisotopic (exact) mass is 224 g/mol. The van der Waals surface area contributed by atoms with Gasteiger partial charge >= 0.3 is 5.97 Å². The summed E-state index contributed by atoms with van der Waals surface area (Å²) in [6, 6.07) is 0. The second-order valence-corrected chi connectivity index (χ2v) is 4.62. The molecule has 5 nitrogen and oxygen atoms in total. The van der Waals surface area contributed by atoms with Crippen molar-refractivity contribution in [3.05, 3.63) is 23.8 Å². The summed E-state index contributed by atoms with van der Waals surface area (Å²) in [5.41, 5.74) is -0.0630. The number of ether oxygens (including phenoxy) is 1. The number of hydrogen-bond donors (Lipinski definition) is 1. The number of aromatic nitrogens is 2. The van der Waals surface area contributed by atoms with E-state index in [4.69, 9.17) is 9.84 Å². The molecule has 88 valence electrons. The molecule has 0 aliphatic carbocycles. The summed E-state index contributed by atoms with van der Waals surface area (Å²) in [6.45, 7) is 6.03. The van der Waals surface area contributed by atoms with Crippen LogP contribution in [0.1, 0.15) is 43.1 Å². The van der Waals surface area contributed by atoms with Gasteiger partial charge in [0.05, 0.1) is 5.56 Å². The van der Waals surface area contributed by atoms with Gasteiger partial charge in [-0.1, -0.05) is 20.8 Å². The Labute approximate surface area is 94.5 Å². The van der Waals surface area contributed by atoms with Crippen LogP contribution in [0.2, 0.25) is 0 Å². The van der Waals surface area contributed by atoms with Crippen LogP contribution in [0.25, 0.3) is 0 Å². The molecule has 0 amide bonds. The lowest BCUT2D eigenvalue weighted by molar-refractivity contribution is 0.00859. The van der Waals surface area contributed by atoms with Crippen molar-refractivity contribution >= 4 is 5.97 Å². The van der Waals surface area contributed by atoms with Gasteiger partial charge in [-0.2, -0.15) is 0 Å². The topological polar surface area (TPSA) is 72.3 Å². The molecule has 0 aliphatic rings. The van der Waals surface area contributed by atoms with E-state index in [0.717, 1.165) is 0 Å². The molecular weight excluding hydrogens is 208 g/mol. The van der Waals surface area contributed by atoms with Crippen molar-refractivity contribution in [1.82, 2.24) is 9.97 Å². The van der Waals surface area contributed by atoms with Gasteiger partial charge in [-0.3, -0.25) is 0 Å². The van der Waals surface area contributed by atoms with E-state index in [2.05, 4.69) is 9.97 Å². The van der Waals surface area contributed by atoms with E-state index in [1.165, 1.54) is 12.4 Å². The lowest BCUT2D eigenvalue weighted by atomic mass is 9.88. The summed E-state index contributed by atoms with van der Waals surface area (Å²) >= 11 is 0. The van der Waals surface area contributed by atoms with Gasteiger partial charge in [0.1, 0.15) is 6.10 Å². The highest BCUT2D eigenvalue weighted by Gasteiger charge is 2.28. The largest absolute Gasteiger partial charge is 0.478 e. The van der Waals surface area contributed by atoms with E-state index in [1.807, 2.05) is 20.8 Å². The van der Waals surface area contributed by atoms with Crippen molar-refractivity contribution < 1.29 is 14.6 Å². The van der Waals surface area contributed by atoms with E-state index in [1.54, 1.807) is 7.11 Å². The molecule has 5 heteroatoms.